The summed E-state index contributed by atoms with van der Waals surface area (Å²) in [5, 5.41) is 14.3. The van der Waals surface area contributed by atoms with Crippen LogP contribution in [0, 0.1) is 11.3 Å². The van der Waals surface area contributed by atoms with Crippen LogP contribution in [0.15, 0.2) is 164 Å². The minimum atomic E-state index is 0.652. The van der Waals surface area contributed by atoms with Crippen LogP contribution < -0.4 is 0 Å². The van der Waals surface area contributed by atoms with E-state index in [0.29, 0.717) is 5.56 Å². The summed E-state index contributed by atoms with van der Waals surface area (Å²) in [6, 6.07) is 60.2. The molecule has 0 fully saturated rings. The average molecular weight is 586 g/mol. The Labute approximate surface area is 266 Å². The zero-order valence-corrected chi connectivity index (χ0v) is 24.9. The summed E-state index contributed by atoms with van der Waals surface area (Å²) in [7, 11) is 0. The van der Waals surface area contributed by atoms with Gasteiger partial charge in [0.25, 0.3) is 0 Å². The molecular weight excluding hydrogens is 558 g/mol. The van der Waals surface area contributed by atoms with Gasteiger partial charge in [-0.05, 0) is 65.7 Å². The Kier molecular flexibility index (Phi) is 5.88. The third-order valence-electron chi connectivity index (χ3n) is 9.14. The SMILES string of the molecule is N#Cc1ccc(-n2c3ccccc3c3cccc(-c4cccc(-c5cccc6c7ccccc7n(-c7ccccc7)c56)c4)c32)cc1. The summed E-state index contributed by atoms with van der Waals surface area (Å²) in [4.78, 5) is 0. The monoisotopic (exact) mass is 585 g/mol. The number of fused-ring (bicyclic) bond motifs is 6. The van der Waals surface area contributed by atoms with E-state index >= 15 is 0 Å². The second-order valence-electron chi connectivity index (χ2n) is 11.7. The third kappa shape index (κ3) is 3.91. The van der Waals surface area contributed by atoms with E-state index in [1.807, 2.05) is 24.3 Å². The smallest absolute Gasteiger partial charge is 0.0991 e. The molecule has 2 aromatic heterocycles. The van der Waals surface area contributed by atoms with Crippen molar-refractivity contribution < 1.29 is 0 Å². The van der Waals surface area contributed by atoms with E-state index in [1.165, 1.54) is 43.7 Å². The second kappa shape index (κ2) is 10.4. The number of hydrogen-bond donors (Lipinski definition) is 0. The lowest BCUT2D eigenvalue weighted by Gasteiger charge is -2.14. The van der Waals surface area contributed by atoms with Crippen LogP contribution in [0.4, 0.5) is 0 Å². The molecule has 0 N–H and O–H groups in total. The molecule has 0 unspecified atom stereocenters. The molecule has 0 atom stereocenters. The van der Waals surface area contributed by atoms with Crippen molar-refractivity contribution in [1.82, 2.24) is 9.13 Å². The molecule has 0 spiro atoms. The van der Waals surface area contributed by atoms with Crippen LogP contribution in [0.1, 0.15) is 5.56 Å². The van der Waals surface area contributed by atoms with Gasteiger partial charge in [-0.25, -0.2) is 0 Å². The van der Waals surface area contributed by atoms with Crippen molar-refractivity contribution in [3.05, 3.63) is 169 Å². The van der Waals surface area contributed by atoms with Crippen molar-refractivity contribution in [3.63, 3.8) is 0 Å². The fourth-order valence-corrected chi connectivity index (χ4v) is 7.16. The van der Waals surface area contributed by atoms with Crippen LogP contribution >= 0.6 is 0 Å². The number of rotatable bonds is 4. The molecular formula is C43H27N3. The Morgan fingerprint density at radius 1 is 0.391 bits per heavy atom. The molecule has 9 aromatic rings. The van der Waals surface area contributed by atoms with E-state index < -0.39 is 0 Å². The number of hydrogen-bond acceptors (Lipinski definition) is 1. The van der Waals surface area contributed by atoms with E-state index in [-0.39, 0.29) is 0 Å². The average Bonchev–Trinajstić information content (AvgIpc) is 3.65. The van der Waals surface area contributed by atoms with E-state index in [9.17, 15) is 5.26 Å². The Bertz CT molecular complexity index is 2630. The van der Waals surface area contributed by atoms with Crippen molar-refractivity contribution >= 4 is 43.6 Å². The summed E-state index contributed by atoms with van der Waals surface area (Å²) in [6.45, 7) is 0. The predicted octanol–water partition coefficient (Wildman–Crippen LogP) is 11.1. The van der Waals surface area contributed by atoms with Crippen LogP contribution in [-0.4, -0.2) is 9.13 Å². The largest absolute Gasteiger partial charge is 0.309 e. The quantitative estimate of drug-likeness (QED) is 0.202. The first kappa shape index (κ1) is 26.1. The fraction of sp³-hybridized carbons (Fsp3) is 0. The molecule has 0 aliphatic rings. The molecule has 2 heterocycles. The van der Waals surface area contributed by atoms with Gasteiger partial charge in [-0.3, -0.25) is 0 Å². The third-order valence-corrected chi connectivity index (χ3v) is 9.14. The lowest BCUT2D eigenvalue weighted by Crippen LogP contribution is -1.96. The molecule has 0 saturated carbocycles. The molecule has 0 aliphatic carbocycles. The van der Waals surface area contributed by atoms with Crippen LogP contribution in [0.5, 0.6) is 0 Å². The van der Waals surface area contributed by atoms with Gasteiger partial charge < -0.3 is 9.13 Å². The van der Waals surface area contributed by atoms with Crippen molar-refractivity contribution in [3.8, 4) is 39.7 Å². The van der Waals surface area contributed by atoms with E-state index in [4.69, 9.17) is 0 Å². The Morgan fingerprint density at radius 2 is 0.848 bits per heavy atom. The maximum Gasteiger partial charge on any atom is 0.0991 e. The summed E-state index contributed by atoms with van der Waals surface area (Å²) in [6.07, 6.45) is 0. The van der Waals surface area contributed by atoms with Gasteiger partial charge in [0, 0.05) is 44.0 Å². The number of benzene rings is 7. The van der Waals surface area contributed by atoms with Gasteiger partial charge in [-0.1, -0.05) is 109 Å². The highest BCUT2D eigenvalue weighted by molar-refractivity contribution is 6.15. The molecule has 7 aromatic carbocycles. The highest BCUT2D eigenvalue weighted by Gasteiger charge is 2.19. The molecule has 0 bridgehead atoms. The topological polar surface area (TPSA) is 33.6 Å². The Morgan fingerprint density at radius 3 is 1.39 bits per heavy atom. The molecule has 9 rings (SSSR count). The number of para-hydroxylation sites is 5. The summed E-state index contributed by atoms with van der Waals surface area (Å²) in [5.74, 6) is 0. The first-order chi connectivity index (χ1) is 22.8. The Hall–Kier alpha value is -6.37. The molecule has 46 heavy (non-hydrogen) atoms. The molecule has 3 heteroatoms. The lowest BCUT2D eigenvalue weighted by molar-refractivity contribution is 1.18. The van der Waals surface area contributed by atoms with Crippen LogP contribution in [0.3, 0.4) is 0 Å². The van der Waals surface area contributed by atoms with Crippen molar-refractivity contribution in [2.24, 2.45) is 0 Å². The highest BCUT2D eigenvalue weighted by Crippen LogP contribution is 2.41. The normalized spacial score (nSPS) is 11.5. The molecule has 0 aliphatic heterocycles. The molecule has 214 valence electrons. The highest BCUT2D eigenvalue weighted by atomic mass is 15.0. The first-order valence-corrected chi connectivity index (χ1v) is 15.5. The fourth-order valence-electron chi connectivity index (χ4n) is 7.16. The number of nitriles is 1. The molecule has 0 radical (unpaired) electrons. The van der Waals surface area contributed by atoms with Gasteiger partial charge in [-0.15, -0.1) is 0 Å². The van der Waals surface area contributed by atoms with Crippen molar-refractivity contribution in [1.29, 1.82) is 5.26 Å². The van der Waals surface area contributed by atoms with Crippen molar-refractivity contribution in [2.45, 2.75) is 0 Å². The maximum atomic E-state index is 9.45. The molecule has 3 nitrogen and oxygen atoms in total. The predicted molar refractivity (Wildman–Crippen MR) is 191 cm³/mol. The van der Waals surface area contributed by atoms with Crippen LogP contribution in [-0.2, 0) is 0 Å². The summed E-state index contributed by atoms with van der Waals surface area (Å²) < 4.78 is 4.73. The summed E-state index contributed by atoms with van der Waals surface area (Å²) in [5.41, 5.74) is 12.2. The van der Waals surface area contributed by atoms with Gasteiger partial charge in [-0.2, -0.15) is 5.26 Å². The van der Waals surface area contributed by atoms with E-state index in [1.54, 1.807) is 0 Å². The standard InChI is InChI=1S/C43H27N3/c44-28-29-23-25-33(26-24-29)46-41-22-7-5-16-37(41)39-20-10-18-35(43(39)46)31-12-8-11-30(27-31)34-17-9-19-38-36-15-4-6-21-40(36)45(42(34)38)32-13-2-1-3-14-32/h1-27H. The zero-order valence-electron chi connectivity index (χ0n) is 24.9. The van der Waals surface area contributed by atoms with Crippen LogP contribution in [0.25, 0.3) is 77.2 Å². The second-order valence-corrected chi connectivity index (χ2v) is 11.7. The van der Waals surface area contributed by atoms with Gasteiger partial charge in [0.15, 0.2) is 0 Å². The van der Waals surface area contributed by atoms with Gasteiger partial charge in [0.2, 0.25) is 0 Å². The number of aromatic nitrogens is 2. The minimum Gasteiger partial charge on any atom is -0.309 e. The van der Waals surface area contributed by atoms with Gasteiger partial charge >= 0.3 is 0 Å². The van der Waals surface area contributed by atoms with E-state index in [2.05, 4.69) is 155 Å². The molecule has 0 amide bonds. The first-order valence-electron chi connectivity index (χ1n) is 15.5. The minimum absolute atomic E-state index is 0.652. The van der Waals surface area contributed by atoms with Gasteiger partial charge in [0.1, 0.15) is 0 Å². The van der Waals surface area contributed by atoms with E-state index in [0.717, 1.165) is 33.5 Å². The van der Waals surface area contributed by atoms with Gasteiger partial charge in [0.05, 0.1) is 33.7 Å². The maximum absolute atomic E-state index is 9.45. The molecule has 0 saturated heterocycles. The van der Waals surface area contributed by atoms with Crippen LogP contribution in [0.2, 0.25) is 0 Å². The number of nitrogens with zero attached hydrogens (tertiary/aromatic N) is 3. The summed E-state index contributed by atoms with van der Waals surface area (Å²) >= 11 is 0. The Balaban J connectivity index is 1.31. The lowest BCUT2D eigenvalue weighted by atomic mass is 9.96. The zero-order chi connectivity index (χ0) is 30.6. The van der Waals surface area contributed by atoms with Crippen molar-refractivity contribution in [2.75, 3.05) is 0 Å².